The molecule has 1 atom stereocenters. The normalized spacial score (nSPS) is 16.3. The van der Waals surface area contributed by atoms with Crippen molar-refractivity contribution in [2.45, 2.75) is 32.9 Å². The van der Waals surface area contributed by atoms with E-state index in [2.05, 4.69) is 21.7 Å². The highest BCUT2D eigenvalue weighted by Crippen LogP contribution is 2.25. The summed E-state index contributed by atoms with van der Waals surface area (Å²) in [7, 11) is 0. The molecule has 0 radical (unpaired) electrons. The Kier molecular flexibility index (Phi) is 4.08. The number of nitrogens with zero attached hydrogens (tertiary/aromatic N) is 1. The van der Waals surface area contributed by atoms with Gasteiger partial charge in [0.25, 0.3) is 0 Å². The van der Waals surface area contributed by atoms with Gasteiger partial charge in [0.1, 0.15) is 0 Å². The van der Waals surface area contributed by atoms with E-state index in [-0.39, 0.29) is 11.9 Å². The SMILES string of the molecule is Cc1cccc(NC(=O)[C@@H](C)N2CCc3sccc3C2)c1. The van der Waals surface area contributed by atoms with Gasteiger partial charge >= 0.3 is 0 Å². The summed E-state index contributed by atoms with van der Waals surface area (Å²) in [5.74, 6) is 0.0688. The van der Waals surface area contributed by atoms with Gasteiger partial charge in [0.2, 0.25) is 5.91 Å². The first-order valence-electron chi connectivity index (χ1n) is 7.30. The molecule has 0 fully saturated rings. The number of benzene rings is 1. The topological polar surface area (TPSA) is 32.3 Å². The van der Waals surface area contributed by atoms with E-state index in [4.69, 9.17) is 0 Å². The van der Waals surface area contributed by atoms with Crippen LogP contribution < -0.4 is 5.32 Å². The minimum atomic E-state index is -0.112. The predicted molar refractivity (Wildman–Crippen MR) is 87.7 cm³/mol. The second kappa shape index (κ2) is 6.00. The molecule has 0 saturated carbocycles. The van der Waals surface area contributed by atoms with Crippen LogP contribution in [-0.2, 0) is 17.8 Å². The monoisotopic (exact) mass is 300 g/mol. The van der Waals surface area contributed by atoms with Crippen molar-refractivity contribution in [3.05, 3.63) is 51.7 Å². The zero-order valence-corrected chi connectivity index (χ0v) is 13.2. The highest BCUT2D eigenvalue weighted by Gasteiger charge is 2.25. The van der Waals surface area contributed by atoms with Gasteiger partial charge in [-0.3, -0.25) is 9.69 Å². The molecular formula is C17H20N2OS. The molecule has 3 nitrogen and oxygen atoms in total. The molecule has 3 rings (SSSR count). The van der Waals surface area contributed by atoms with E-state index in [0.717, 1.165) is 30.8 Å². The summed E-state index contributed by atoms with van der Waals surface area (Å²) in [4.78, 5) is 16.1. The maximum absolute atomic E-state index is 12.4. The van der Waals surface area contributed by atoms with E-state index < -0.39 is 0 Å². The van der Waals surface area contributed by atoms with Gasteiger partial charge in [-0.2, -0.15) is 0 Å². The number of nitrogens with one attached hydrogen (secondary N) is 1. The predicted octanol–water partition coefficient (Wildman–Crippen LogP) is 3.44. The van der Waals surface area contributed by atoms with Crippen LogP contribution >= 0.6 is 11.3 Å². The molecule has 0 spiro atoms. The Morgan fingerprint density at radius 1 is 1.38 bits per heavy atom. The number of rotatable bonds is 3. The Balaban J connectivity index is 1.65. The van der Waals surface area contributed by atoms with Gasteiger partial charge in [0, 0.05) is 23.7 Å². The Morgan fingerprint density at radius 2 is 2.24 bits per heavy atom. The standard InChI is InChI=1S/C17H20N2OS/c1-12-4-3-5-15(10-12)18-17(20)13(2)19-8-6-16-14(11-19)7-9-21-16/h3-5,7,9-10,13H,6,8,11H2,1-2H3,(H,18,20)/t13-/m1/s1. The highest BCUT2D eigenvalue weighted by molar-refractivity contribution is 7.10. The highest BCUT2D eigenvalue weighted by atomic mass is 32.1. The molecule has 1 aromatic carbocycles. The molecule has 21 heavy (non-hydrogen) atoms. The van der Waals surface area contributed by atoms with E-state index in [1.165, 1.54) is 10.4 Å². The van der Waals surface area contributed by atoms with Crippen LogP contribution in [0.2, 0.25) is 0 Å². The number of carbonyl (C=O) groups is 1. The molecule has 110 valence electrons. The average Bonchev–Trinajstić information content (AvgIpc) is 2.93. The first kappa shape index (κ1) is 14.3. The quantitative estimate of drug-likeness (QED) is 0.941. The van der Waals surface area contributed by atoms with Crippen LogP contribution in [0.4, 0.5) is 5.69 Å². The lowest BCUT2D eigenvalue weighted by atomic mass is 10.1. The van der Waals surface area contributed by atoms with Crippen LogP contribution in [0, 0.1) is 6.92 Å². The van der Waals surface area contributed by atoms with Crippen molar-refractivity contribution in [1.82, 2.24) is 4.90 Å². The Labute approximate surface area is 129 Å². The number of thiophene rings is 1. The zero-order valence-electron chi connectivity index (χ0n) is 12.4. The third kappa shape index (κ3) is 3.17. The third-order valence-electron chi connectivity index (χ3n) is 4.05. The third-order valence-corrected chi connectivity index (χ3v) is 5.07. The fraction of sp³-hybridized carbons (Fsp3) is 0.353. The molecular weight excluding hydrogens is 280 g/mol. The maximum atomic E-state index is 12.4. The van der Waals surface area contributed by atoms with Crippen molar-refractivity contribution in [3.8, 4) is 0 Å². The van der Waals surface area contributed by atoms with Gasteiger partial charge in [-0.15, -0.1) is 11.3 Å². The molecule has 2 aromatic rings. The number of carbonyl (C=O) groups excluding carboxylic acids is 1. The molecule has 0 bridgehead atoms. The summed E-state index contributed by atoms with van der Waals surface area (Å²) in [5.41, 5.74) is 3.41. The molecule has 2 heterocycles. The Bertz CT molecular complexity index is 650. The van der Waals surface area contributed by atoms with Crippen LogP contribution in [0.25, 0.3) is 0 Å². The minimum Gasteiger partial charge on any atom is -0.325 e. The second-order valence-corrected chi connectivity index (χ2v) is 6.62. The van der Waals surface area contributed by atoms with Gasteiger partial charge < -0.3 is 5.32 Å². The van der Waals surface area contributed by atoms with E-state index in [9.17, 15) is 4.79 Å². The van der Waals surface area contributed by atoms with Crippen molar-refractivity contribution in [2.24, 2.45) is 0 Å². The number of fused-ring (bicyclic) bond motifs is 1. The molecule has 1 aromatic heterocycles. The minimum absolute atomic E-state index is 0.0688. The summed E-state index contributed by atoms with van der Waals surface area (Å²) in [5, 5.41) is 5.16. The number of hydrogen-bond donors (Lipinski definition) is 1. The molecule has 4 heteroatoms. The fourth-order valence-electron chi connectivity index (χ4n) is 2.74. The Hall–Kier alpha value is -1.65. The second-order valence-electron chi connectivity index (χ2n) is 5.62. The summed E-state index contributed by atoms with van der Waals surface area (Å²) >= 11 is 1.82. The Morgan fingerprint density at radius 3 is 3.05 bits per heavy atom. The zero-order chi connectivity index (χ0) is 14.8. The van der Waals surface area contributed by atoms with Gasteiger partial charge in [0.15, 0.2) is 0 Å². The molecule has 0 unspecified atom stereocenters. The smallest absolute Gasteiger partial charge is 0.241 e. The van der Waals surface area contributed by atoms with E-state index >= 15 is 0 Å². The van der Waals surface area contributed by atoms with E-state index in [1.807, 2.05) is 49.4 Å². The lowest BCUT2D eigenvalue weighted by molar-refractivity contribution is -0.121. The van der Waals surface area contributed by atoms with Crippen molar-refractivity contribution in [2.75, 3.05) is 11.9 Å². The molecule has 0 saturated heterocycles. The number of hydrogen-bond acceptors (Lipinski definition) is 3. The van der Waals surface area contributed by atoms with Crippen LogP contribution in [0.1, 0.15) is 22.9 Å². The number of anilines is 1. The van der Waals surface area contributed by atoms with Crippen molar-refractivity contribution >= 4 is 22.9 Å². The van der Waals surface area contributed by atoms with E-state index in [0.29, 0.717) is 0 Å². The van der Waals surface area contributed by atoms with E-state index in [1.54, 1.807) is 0 Å². The number of aryl methyl sites for hydroxylation is 1. The van der Waals surface area contributed by atoms with Gasteiger partial charge in [-0.25, -0.2) is 0 Å². The van der Waals surface area contributed by atoms with Crippen molar-refractivity contribution in [3.63, 3.8) is 0 Å². The first-order chi connectivity index (χ1) is 10.1. The van der Waals surface area contributed by atoms with Crippen LogP contribution in [0.15, 0.2) is 35.7 Å². The summed E-state index contributed by atoms with van der Waals surface area (Å²) < 4.78 is 0. The first-order valence-corrected chi connectivity index (χ1v) is 8.18. The van der Waals surface area contributed by atoms with Crippen molar-refractivity contribution < 1.29 is 4.79 Å². The van der Waals surface area contributed by atoms with Gasteiger partial charge in [-0.05, 0) is 55.0 Å². The van der Waals surface area contributed by atoms with Crippen LogP contribution in [0.3, 0.4) is 0 Å². The summed E-state index contributed by atoms with van der Waals surface area (Å²) in [6.07, 6.45) is 1.05. The molecule has 1 amide bonds. The van der Waals surface area contributed by atoms with Gasteiger partial charge in [0.05, 0.1) is 6.04 Å². The molecule has 1 aliphatic heterocycles. The van der Waals surface area contributed by atoms with Crippen LogP contribution in [-0.4, -0.2) is 23.4 Å². The summed E-state index contributed by atoms with van der Waals surface area (Å²) in [6.45, 7) is 5.85. The lowest BCUT2D eigenvalue weighted by Crippen LogP contribution is -2.44. The fourth-order valence-corrected chi connectivity index (χ4v) is 3.63. The van der Waals surface area contributed by atoms with Crippen molar-refractivity contribution in [1.29, 1.82) is 0 Å². The maximum Gasteiger partial charge on any atom is 0.241 e. The number of amides is 1. The average molecular weight is 300 g/mol. The summed E-state index contributed by atoms with van der Waals surface area (Å²) in [6, 6.07) is 9.99. The molecule has 0 aliphatic carbocycles. The van der Waals surface area contributed by atoms with Gasteiger partial charge in [-0.1, -0.05) is 12.1 Å². The molecule has 1 aliphatic rings. The molecule has 1 N–H and O–H groups in total. The largest absolute Gasteiger partial charge is 0.325 e. The lowest BCUT2D eigenvalue weighted by Gasteiger charge is -2.31. The van der Waals surface area contributed by atoms with Crippen LogP contribution in [0.5, 0.6) is 0 Å².